The normalized spacial score (nSPS) is 13.7. The van der Waals surface area contributed by atoms with Crippen LogP contribution >= 0.6 is 0 Å². The van der Waals surface area contributed by atoms with Gasteiger partial charge >= 0.3 is 0 Å². The second kappa shape index (κ2) is 7.81. The highest BCUT2D eigenvalue weighted by atomic mass is 16.1. The van der Waals surface area contributed by atoms with Crippen molar-refractivity contribution in [2.75, 3.05) is 0 Å². The molecular weight excluding hydrogens is 288 g/mol. The largest absolute Gasteiger partial charge is 0.237 e. The van der Waals surface area contributed by atoms with Crippen molar-refractivity contribution in [2.45, 2.75) is 18.0 Å². The molecule has 2 rings (SSSR count). The molecule has 2 aromatic carbocycles. The summed E-state index contributed by atoms with van der Waals surface area (Å²) in [5, 5.41) is 0. The van der Waals surface area contributed by atoms with Crippen molar-refractivity contribution in [1.29, 1.82) is 0 Å². The second-order valence-corrected chi connectivity index (χ2v) is 4.99. The summed E-state index contributed by atoms with van der Waals surface area (Å²) in [4.78, 5) is 30.1. The summed E-state index contributed by atoms with van der Waals surface area (Å²) in [5.74, 6) is -0.369. The third kappa shape index (κ3) is 3.41. The Morgan fingerprint density at radius 3 is 1.96 bits per heavy atom. The molecule has 0 fully saturated rings. The number of nitrogens with zero attached hydrogens (tertiary/aromatic N) is 2. The Kier molecular flexibility index (Phi) is 5.54. The van der Waals surface area contributed by atoms with Gasteiger partial charge in [0.1, 0.15) is 0 Å². The van der Waals surface area contributed by atoms with Gasteiger partial charge in [0, 0.05) is 11.5 Å². The van der Waals surface area contributed by atoms with E-state index in [-0.39, 0.29) is 5.92 Å². The highest BCUT2D eigenvalue weighted by Crippen LogP contribution is 2.43. The van der Waals surface area contributed by atoms with Crippen LogP contribution in [-0.4, -0.2) is 12.2 Å². The molecule has 0 bridgehead atoms. The Labute approximate surface area is 134 Å². The van der Waals surface area contributed by atoms with Gasteiger partial charge in [-0.2, -0.15) is 9.98 Å². The van der Waals surface area contributed by atoms with Crippen LogP contribution in [0.3, 0.4) is 0 Å². The van der Waals surface area contributed by atoms with Crippen molar-refractivity contribution in [3.05, 3.63) is 84.4 Å². The van der Waals surface area contributed by atoms with Gasteiger partial charge in [0.15, 0.2) is 0 Å². The maximum absolute atomic E-state index is 11.1. The van der Waals surface area contributed by atoms with E-state index in [2.05, 4.69) is 16.6 Å². The molecular formula is C19H16N2O2. The molecule has 0 radical (unpaired) electrons. The lowest BCUT2D eigenvalue weighted by Crippen LogP contribution is -2.30. The van der Waals surface area contributed by atoms with Crippen molar-refractivity contribution in [1.82, 2.24) is 0 Å². The van der Waals surface area contributed by atoms with Crippen LogP contribution in [0.1, 0.15) is 23.5 Å². The average molecular weight is 304 g/mol. The van der Waals surface area contributed by atoms with Gasteiger partial charge in [0.25, 0.3) is 0 Å². The quantitative estimate of drug-likeness (QED) is 0.443. The summed E-state index contributed by atoms with van der Waals surface area (Å²) in [7, 11) is 0. The molecule has 23 heavy (non-hydrogen) atoms. The molecule has 0 aromatic heterocycles. The van der Waals surface area contributed by atoms with Crippen molar-refractivity contribution < 1.29 is 9.59 Å². The molecule has 0 aliphatic rings. The summed E-state index contributed by atoms with van der Waals surface area (Å²) < 4.78 is 0. The van der Waals surface area contributed by atoms with E-state index in [1.54, 1.807) is 42.5 Å². The summed E-state index contributed by atoms with van der Waals surface area (Å²) in [6, 6.07) is 18.5. The van der Waals surface area contributed by atoms with Crippen molar-refractivity contribution >= 4 is 12.2 Å². The lowest BCUT2D eigenvalue weighted by atomic mass is 9.79. The minimum atomic E-state index is -1.40. The zero-order chi connectivity index (χ0) is 16.5. The van der Waals surface area contributed by atoms with Crippen molar-refractivity contribution in [3.63, 3.8) is 0 Å². The molecule has 4 nitrogen and oxygen atoms in total. The summed E-state index contributed by atoms with van der Waals surface area (Å²) >= 11 is 0. The Bertz CT molecular complexity index is 725. The molecule has 1 unspecified atom stereocenters. The Balaban J connectivity index is 2.74. The first-order chi connectivity index (χ1) is 11.3. The molecule has 0 spiro atoms. The molecule has 0 aliphatic heterocycles. The zero-order valence-electron chi connectivity index (χ0n) is 12.6. The van der Waals surface area contributed by atoms with Gasteiger partial charge in [-0.25, -0.2) is 9.59 Å². The van der Waals surface area contributed by atoms with Crippen LogP contribution in [0.2, 0.25) is 0 Å². The summed E-state index contributed by atoms with van der Waals surface area (Å²) in [5.41, 5.74) is 0.122. The fraction of sp³-hybridized carbons (Fsp3) is 0.158. The van der Waals surface area contributed by atoms with E-state index < -0.39 is 5.66 Å². The second-order valence-electron chi connectivity index (χ2n) is 4.99. The number of carbonyl (C=O) groups excluding carboxylic acids is 2. The van der Waals surface area contributed by atoms with Crippen LogP contribution in [0, 0.1) is 0 Å². The van der Waals surface area contributed by atoms with Gasteiger partial charge < -0.3 is 0 Å². The van der Waals surface area contributed by atoms with Crippen molar-refractivity contribution in [3.8, 4) is 0 Å². The molecule has 0 aliphatic carbocycles. The maximum atomic E-state index is 11.1. The lowest BCUT2D eigenvalue weighted by Gasteiger charge is -2.32. The summed E-state index contributed by atoms with van der Waals surface area (Å²) in [6.07, 6.45) is 5.34. The monoisotopic (exact) mass is 304 g/mol. The first-order valence-electron chi connectivity index (χ1n) is 7.18. The molecule has 0 N–H and O–H groups in total. The fourth-order valence-corrected chi connectivity index (χ4v) is 2.72. The molecule has 0 heterocycles. The van der Waals surface area contributed by atoms with Gasteiger partial charge in [-0.05, 0) is 12.0 Å². The Morgan fingerprint density at radius 2 is 1.48 bits per heavy atom. The number of allylic oxidation sites excluding steroid dienone is 1. The maximum Gasteiger partial charge on any atom is 0.237 e. The lowest BCUT2D eigenvalue weighted by molar-refractivity contribution is 0.368. The van der Waals surface area contributed by atoms with E-state index in [9.17, 15) is 9.59 Å². The number of isocyanates is 2. The number of benzene rings is 2. The van der Waals surface area contributed by atoms with Gasteiger partial charge in [-0.15, -0.1) is 6.58 Å². The number of aliphatic imine (C=N–C) groups is 2. The third-order valence-electron chi connectivity index (χ3n) is 3.72. The van der Waals surface area contributed by atoms with Crippen LogP contribution < -0.4 is 0 Å². The number of hydrogen-bond donors (Lipinski definition) is 0. The van der Waals surface area contributed by atoms with E-state index in [1.807, 2.05) is 36.4 Å². The third-order valence-corrected chi connectivity index (χ3v) is 3.72. The molecule has 0 saturated heterocycles. The zero-order valence-corrected chi connectivity index (χ0v) is 12.6. The first-order valence-corrected chi connectivity index (χ1v) is 7.18. The summed E-state index contributed by atoms with van der Waals surface area (Å²) in [6.45, 7) is 3.77. The van der Waals surface area contributed by atoms with E-state index in [0.717, 1.165) is 5.56 Å². The predicted octanol–water partition coefficient (Wildman–Crippen LogP) is 3.87. The van der Waals surface area contributed by atoms with Crippen LogP contribution in [0.15, 0.2) is 83.3 Å². The molecule has 1 atom stereocenters. The predicted molar refractivity (Wildman–Crippen MR) is 88.4 cm³/mol. The standard InChI is InChI=1S/C19H16N2O2/c1-2-9-18(16-10-5-3-6-11-16)19(20-14-22,21-15-23)17-12-7-4-8-13-17/h2-8,10-13,18H,1,9H2. The topological polar surface area (TPSA) is 58.9 Å². The van der Waals surface area contributed by atoms with Gasteiger partial charge in [-0.1, -0.05) is 66.7 Å². The molecule has 2 aromatic rings. The number of rotatable bonds is 7. The molecule has 0 amide bonds. The molecule has 4 heteroatoms. The van der Waals surface area contributed by atoms with Crippen LogP contribution in [0.25, 0.3) is 0 Å². The first kappa shape index (κ1) is 16.3. The Morgan fingerprint density at radius 1 is 0.957 bits per heavy atom. The van der Waals surface area contributed by atoms with Gasteiger partial charge in [0.05, 0.1) is 0 Å². The van der Waals surface area contributed by atoms with Crippen LogP contribution in [-0.2, 0) is 15.3 Å². The number of hydrogen-bond acceptors (Lipinski definition) is 4. The smallest absolute Gasteiger partial charge is 0.211 e. The van der Waals surface area contributed by atoms with Gasteiger partial charge in [0.2, 0.25) is 17.8 Å². The fourth-order valence-electron chi connectivity index (χ4n) is 2.72. The SMILES string of the molecule is C=CCC(c1ccccc1)C(N=C=O)(N=C=O)c1ccccc1. The van der Waals surface area contributed by atoms with Gasteiger partial charge in [-0.3, -0.25) is 0 Å². The van der Waals surface area contributed by atoms with Crippen LogP contribution in [0.4, 0.5) is 0 Å². The van der Waals surface area contributed by atoms with E-state index in [4.69, 9.17) is 0 Å². The minimum absolute atomic E-state index is 0.369. The highest BCUT2D eigenvalue weighted by Gasteiger charge is 2.41. The van der Waals surface area contributed by atoms with E-state index in [0.29, 0.717) is 12.0 Å². The van der Waals surface area contributed by atoms with E-state index >= 15 is 0 Å². The van der Waals surface area contributed by atoms with Crippen LogP contribution in [0.5, 0.6) is 0 Å². The average Bonchev–Trinajstić information content (AvgIpc) is 2.61. The van der Waals surface area contributed by atoms with Crippen molar-refractivity contribution in [2.24, 2.45) is 9.98 Å². The van der Waals surface area contributed by atoms with E-state index in [1.165, 1.54) is 0 Å². The minimum Gasteiger partial charge on any atom is -0.211 e. The molecule has 114 valence electrons. The highest BCUT2D eigenvalue weighted by molar-refractivity contribution is 5.46. The Hall–Kier alpha value is -3.06. The molecule has 0 saturated carbocycles.